The second-order valence-corrected chi connectivity index (χ2v) is 7.79. The predicted molar refractivity (Wildman–Crippen MR) is 121 cm³/mol. The third-order valence-corrected chi connectivity index (χ3v) is 5.80. The molecule has 31 heavy (non-hydrogen) atoms. The highest BCUT2D eigenvalue weighted by Gasteiger charge is 2.39. The number of oxime groups is 1. The quantitative estimate of drug-likeness (QED) is 0.452. The molecule has 0 fully saturated rings. The van der Waals surface area contributed by atoms with Crippen LogP contribution >= 0.6 is 11.6 Å². The van der Waals surface area contributed by atoms with Crippen LogP contribution in [0.4, 0.5) is 5.69 Å². The molecule has 1 N–H and O–H groups in total. The van der Waals surface area contributed by atoms with E-state index in [0.29, 0.717) is 33.3 Å². The number of para-hydroxylation sites is 1. The van der Waals surface area contributed by atoms with E-state index in [-0.39, 0.29) is 5.91 Å². The summed E-state index contributed by atoms with van der Waals surface area (Å²) in [6.45, 7) is 1.80. The summed E-state index contributed by atoms with van der Waals surface area (Å²) in [5.41, 5.74) is 3.12. The highest BCUT2D eigenvalue weighted by Crippen LogP contribution is 2.37. The van der Waals surface area contributed by atoms with Crippen molar-refractivity contribution in [3.63, 3.8) is 0 Å². The molecule has 0 saturated heterocycles. The van der Waals surface area contributed by atoms with Crippen LogP contribution in [-0.4, -0.2) is 24.8 Å². The maximum absolute atomic E-state index is 13.3. The highest BCUT2D eigenvalue weighted by molar-refractivity contribution is 6.35. The number of benzene rings is 3. The number of fused-ring (bicyclic) bond motifs is 3. The number of anilines is 1. The molecule has 0 radical (unpaired) electrons. The Morgan fingerprint density at radius 2 is 1.84 bits per heavy atom. The largest absolute Gasteiger partial charge is 0.495 e. The fraction of sp³-hybridized carbons (Fsp3) is 0.167. The molecule has 3 aromatic carbocycles. The molecule has 0 bridgehead atoms. The Hall–Kier alpha value is -3.51. The van der Waals surface area contributed by atoms with Gasteiger partial charge in [0.2, 0.25) is 5.91 Å². The van der Waals surface area contributed by atoms with Crippen molar-refractivity contribution < 1.29 is 18.8 Å². The number of amides is 1. The number of ether oxygens (including phenoxy) is 1. The van der Waals surface area contributed by atoms with E-state index in [1.54, 1.807) is 26.2 Å². The molecule has 0 unspecified atom stereocenters. The average molecular weight is 435 g/mol. The zero-order chi connectivity index (χ0) is 21.5. The van der Waals surface area contributed by atoms with Crippen LogP contribution in [0.3, 0.4) is 0 Å². The third kappa shape index (κ3) is 3.29. The molecule has 156 valence electrons. The summed E-state index contributed by atoms with van der Waals surface area (Å²) in [7, 11) is 1.57. The van der Waals surface area contributed by atoms with E-state index in [9.17, 15) is 4.79 Å². The molecule has 5 rings (SSSR count). The SMILES string of the molecule is COc1cc2c(cc1NC(=O)[C@@H]1C(c3ccccc3Cl)=NO[C@H]1C)oc1ccccc12. The summed E-state index contributed by atoms with van der Waals surface area (Å²) in [4.78, 5) is 18.7. The van der Waals surface area contributed by atoms with Crippen LogP contribution in [0.15, 0.2) is 70.2 Å². The monoisotopic (exact) mass is 434 g/mol. The van der Waals surface area contributed by atoms with E-state index >= 15 is 0 Å². The topological polar surface area (TPSA) is 73.1 Å². The maximum atomic E-state index is 13.3. The molecular formula is C24H19ClN2O4. The van der Waals surface area contributed by atoms with Crippen molar-refractivity contribution in [3.8, 4) is 5.75 Å². The lowest BCUT2D eigenvalue weighted by molar-refractivity contribution is -0.120. The van der Waals surface area contributed by atoms with E-state index in [1.165, 1.54) is 0 Å². The fourth-order valence-electron chi connectivity index (χ4n) is 3.93. The second-order valence-electron chi connectivity index (χ2n) is 7.38. The molecule has 2 heterocycles. The van der Waals surface area contributed by atoms with E-state index in [4.69, 9.17) is 25.6 Å². The van der Waals surface area contributed by atoms with Gasteiger partial charge >= 0.3 is 0 Å². The molecule has 0 spiro atoms. The van der Waals surface area contributed by atoms with Crippen molar-refractivity contribution >= 4 is 50.8 Å². The Kier molecular flexibility index (Phi) is 4.79. The zero-order valence-corrected chi connectivity index (χ0v) is 17.6. The Labute approximate surface area is 183 Å². The lowest BCUT2D eigenvalue weighted by Gasteiger charge is -2.17. The van der Waals surface area contributed by atoms with Crippen LogP contribution in [0.2, 0.25) is 5.02 Å². The number of furan rings is 1. The van der Waals surface area contributed by atoms with Crippen LogP contribution in [-0.2, 0) is 9.63 Å². The number of hydrogen-bond acceptors (Lipinski definition) is 5. The molecule has 1 aliphatic rings. The van der Waals surface area contributed by atoms with Gasteiger partial charge in [0, 0.05) is 27.4 Å². The predicted octanol–water partition coefficient (Wildman–Crippen LogP) is 5.63. The van der Waals surface area contributed by atoms with Gasteiger partial charge < -0.3 is 19.3 Å². The number of methoxy groups -OCH3 is 1. The van der Waals surface area contributed by atoms with Gasteiger partial charge in [-0.15, -0.1) is 0 Å². The van der Waals surface area contributed by atoms with Gasteiger partial charge in [0.1, 0.15) is 34.6 Å². The molecule has 6 nitrogen and oxygen atoms in total. The summed E-state index contributed by atoms with van der Waals surface area (Å²) in [5.74, 6) is -0.358. The zero-order valence-electron chi connectivity index (χ0n) is 16.9. The first kappa shape index (κ1) is 19.5. The van der Waals surface area contributed by atoms with Crippen molar-refractivity contribution in [2.24, 2.45) is 11.1 Å². The minimum atomic E-state index is -0.629. The van der Waals surface area contributed by atoms with Crippen LogP contribution in [0.5, 0.6) is 5.75 Å². The number of carbonyl (C=O) groups is 1. The standard InChI is InChI=1S/C24H19ClN2O4/c1-13-22(23(27-31-13)15-8-3-5-9-17(15)25)24(28)26-18-12-20-16(11-21(18)29-2)14-7-4-6-10-19(14)30-20/h3-13,22H,1-2H3,(H,26,28)/t13-,22-/m0/s1. The minimum absolute atomic E-state index is 0.266. The molecular weight excluding hydrogens is 416 g/mol. The number of rotatable bonds is 4. The van der Waals surface area contributed by atoms with Gasteiger partial charge in [-0.05, 0) is 25.1 Å². The van der Waals surface area contributed by atoms with Crippen LogP contribution in [0, 0.1) is 5.92 Å². The third-order valence-electron chi connectivity index (χ3n) is 5.47. The Morgan fingerprint density at radius 1 is 1.06 bits per heavy atom. The van der Waals surface area contributed by atoms with Crippen molar-refractivity contribution in [1.82, 2.24) is 0 Å². The lowest BCUT2D eigenvalue weighted by Crippen LogP contribution is -2.34. The average Bonchev–Trinajstić information content (AvgIpc) is 3.33. The molecule has 1 amide bonds. The molecule has 1 aromatic heterocycles. The first-order valence-corrected chi connectivity index (χ1v) is 10.2. The van der Waals surface area contributed by atoms with Gasteiger partial charge in [0.15, 0.2) is 0 Å². The molecule has 4 aromatic rings. The number of carbonyl (C=O) groups excluding carboxylic acids is 1. The fourth-order valence-corrected chi connectivity index (χ4v) is 4.16. The first-order valence-electron chi connectivity index (χ1n) is 9.85. The smallest absolute Gasteiger partial charge is 0.237 e. The molecule has 0 aliphatic carbocycles. The summed E-state index contributed by atoms with van der Waals surface area (Å²) in [6, 6.07) is 18.7. The number of nitrogens with one attached hydrogen (secondary N) is 1. The summed E-state index contributed by atoms with van der Waals surface area (Å²) >= 11 is 6.33. The Morgan fingerprint density at radius 3 is 2.65 bits per heavy atom. The highest BCUT2D eigenvalue weighted by atomic mass is 35.5. The molecule has 7 heteroatoms. The van der Waals surface area contributed by atoms with Gasteiger partial charge in [-0.25, -0.2) is 0 Å². The number of halogens is 1. The minimum Gasteiger partial charge on any atom is -0.495 e. The normalized spacial score (nSPS) is 18.1. The molecule has 2 atom stereocenters. The van der Waals surface area contributed by atoms with Crippen molar-refractivity contribution in [2.75, 3.05) is 12.4 Å². The van der Waals surface area contributed by atoms with E-state index < -0.39 is 12.0 Å². The van der Waals surface area contributed by atoms with Gasteiger partial charge in [-0.2, -0.15) is 0 Å². The van der Waals surface area contributed by atoms with Crippen LogP contribution in [0.25, 0.3) is 21.9 Å². The van der Waals surface area contributed by atoms with Crippen molar-refractivity contribution in [3.05, 3.63) is 71.2 Å². The van der Waals surface area contributed by atoms with E-state index in [2.05, 4.69) is 10.5 Å². The second kappa shape index (κ2) is 7.63. The summed E-state index contributed by atoms with van der Waals surface area (Å²) < 4.78 is 11.5. The van der Waals surface area contributed by atoms with Crippen LogP contribution in [0.1, 0.15) is 12.5 Å². The first-order chi connectivity index (χ1) is 15.1. The number of hydrogen-bond donors (Lipinski definition) is 1. The van der Waals surface area contributed by atoms with Gasteiger partial charge in [-0.1, -0.05) is 53.2 Å². The lowest BCUT2D eigenvalue weighted by atomic mass is 9.92. The van der Waals surface area contributed by atoms with Gasteiger partial charge in [0.25, 0.3) is 0 Å². The number of nitrogens with zero attached hydrogens (tertiary/aromatic N) is 1. The molecule has 0 saturated carbocycles. The van der Waals surface area contributed by atoms with E-state index in [0.717, 1.165) is 16.4 Å². The van der Waals surface area contributed by atoms with Crippen molar-refractivity contribution in [1.29, 1.82) is 0 Å². The van der Waals surface area contributed by atoms with Gasteiger partial charge in [-0.3, -0.25) is 4.79 Å². The Balaban J connectivity index is 1.51. The van der Waals surface area contributed by atoms with Crippen LogP contribution < -0.4 is 10.1 Å². The maximum Gasteiger partial charge on any atom is 0.237 e. The van der Waals surface area contributed by atoms with Gasteiger partial charge in [0.05, 0.1) is 12.8 Å². The van der Waals surface area contributed by atoms with E-state index in [1.807, 2.05) is 48.5 Å². The Bertz CT molecular complexity index is 1340. The van der Waals surface area contributed by atoms with Crippen molar-refractivity contribution in [2.45, 2.75) is 13.0 Å². The summed E-state index contributed by atoms with van der Waals surface area (Å²) in [5, 5.41) is 9.51. The molecule has 1 aliphatic heterocycles. The summed E-state index contributed by atoms with van der Waals surface area (Å²) in [6.07, 6.45) is -0.438.